The van der Waals surface area contributed by atoms with Gasteiger partial charge in [-0.2, -0.15) is 0 Å². The predicted octanol–water partition coefficient (Wildman–Crippen LogP) is -17.5. The van der Waals surface area contributed by atoms with Gasteiger partial charge in [0, 0.05) is 0 Å². The average molecular weight is 1850 g/mol. The Morgan fingerprint density at radius 3 is 0.151 bits per heavy atom. The van der Waals surface area contributed by atoms with Gasteiger partial charge >= 0.3 is 258 Å². The molecule has 0 aliphatic carbocycles. The van der Waals surface area contributed by atoms with Crippen molar-refractivity contribution in [3.63, 3.8) is 0 Å². The smallest absolute Gasteiger partial charge is 2.00 e. The Bertz CT molecular complexity index is 84.1. The molecule has 53 heavy (non-hydrogen) atoms. The minimum atomic E-state index is -5.61. The van der Waals surface area contributed by atoms with Crippen LogP contribution in [0, 0.1) is 0 Å². The molecule has 0 atom stereocenters. The maximum absolute atomic E-state index is 8.58. The number of hydrogen-bond acceptors (Lipinski definition) is 4. The van der Waals surface area contributed by atoms with Crippen molar-refractivity contribution >= 4 is 9.05 Å². The van der Waals surface area contributed by atoms with Gasteiger partial charge in [0.15, 0.2) is 0 Å². The molecule has 0 aliphatic rings. The summed E-state index contributed by atoms with van der Waals surface area (Å²) in [6.45, 7) is 0. The van der Waals surface area contributed by atoms with Crippen LogP contribution in [0.15, 0.2) is 0 Å². The van der Waals surface area contributed by atoms with E-state index in [1.54, 1.807) is 0 Å². The third-order valence-electron chi connectivity index (χ3n) is 0. The van der Waals surface area contributed by atoms with Crippen molar-refractivity contribution in [2.24, 2.45) is 0 Å². The van der Waals surface area contributed by atoms with Crippen molar-refractivity contribution < 1.29 is 475 Å². The molecule has 0 bridgehead atoms. The number of rotatable bonds is 0. The third kappa shape index (κ3) is 4030. The molecule has 0 amide bonds. The zero-order valence-corrected chi connectivity index (χ0v) is 47.9. The summed E-state index contributed by atoms with van der Waals surface area (Å²) in [6, 6.07) is 0. The summed E-state index contributed by atoms with van der Waals surface area (Å²) in [5.41, 5.74) is 0. The molecule has 0 aliphatic heterocycles. The van der Waals surface area contributed by atoms with Crippen molar-refractivity contribution in [3.05, 3.63) is 0 Å². The minimum absolute atomic E-state index is 0. The quantitative estimate of drug-likeness (QED) is 0.213. The molecule has 0 aromatic rings. The molecule has 0 aromatic carbocycles. The Labute approximate surface area is 477 Å². The summed E-state index contributed by atoms with van der Waals surface area (Å²) < 4.78 is 0. The maximum Gasteiger partial charge on any atom is 4.00 e. The summed E-state index contributed by atoms with van der Waals surface area (Å²) in [5, 5.41) is 0. The van der Waals surface area contributed by atoms with Crippen molar-refractivity contribution in [2.45, 2.75) is 0 Å². The van der Waals surface area contributed by atoms with Gasteiger partial charge in [-0.25, -0.2) is 0 Å². The van der Waals surface area contributed by atoms with Crippen LogP contribution in [-0.4, -0.2) is 74.8 Å². The zero-order valence-electron chi connectivity index (χ0n) is 26.8. The SMILES string of the molecule is O.O.O.O.O.O.O.O.O.O.O.O.[H+].[H+].[H+].[H+].[Mo+4].[Mo+4].[Mo+4].[Mo+4].[Mo+4].[Mo+4].[Mo+4].[Mo+4].[Mo+4].[Mo+4].[Mo+4].[Mo+4].[O-2].[O-2].[O-2].[O-2].[O-2].[O-2].[O-2].[O-2].[O-2].[O-2].[O-2].[O-2].[O-2].[O-2].[O-2].[O-2].[O-2].[O-2].[O-2].[O-2].[O-2].[O-2].[O-2].[O-2].[O-][Si]([O-])([O-])[O-]. The van der Waals surface area contributed by atoms with Gasteiger partial charge in [0.05, 0.1) is 0 Å². The van der Waals surface area contributed by atoms with Gasteiger partial charge in [-0.05, 0) is 0 Å². The Hall–Kier alpha value is 6.88. The van der Waals surface area contributed by atoms with E-state index in [9.17, 15) is 0 Å². The normalized spacial score (nSPS) is 1.13. The van der Waals surface area contributed by atoms with Gasteiger partial charge in [-0.1, -0.05) is 0 Å². The van der Waals surface area contributed by atoms with Gasteiger partial charge in [-0.3, -0.25) is 0 Å². The van der Waals surface area contributed by atoms with Gasteiger partial charge in [0.1, 0.15) is 0 Å². The second-order valence-electron chi connectivity index (χ2n) is 0.500. The summed E-state index contributed by atoms with van der Waals surface area (Å²) in [4.78, 5) is 34.3. The van der Waals surface area contributed by atoms with E-state index in [1.807, 2.05) is 0 Å². The molecule has 0 unspecified atom stereocenters. The molecule has 0 saturated heterocycles. The monoisotopic (exact) mass is 1870 g/mol. The maximum atomic E-state index is 8.58. The first kappa shape index (κ1) is 1750. The second kappa shape index (κ2) is 1190. The zero-order chi connectivity index (χ0) is 4.50. The first-order valence-corrected chi connectivity index (χ1v) is 2.45. The van der Waals surface area contributed by atoms with Crippen LogP contribution in [0.25, 0.3) is 0 Å². The van der Waals surface area contributed by atoms with E-state index in [2.05, 4.69) is 0 Å². The topological polar surface area (TPSA) is 1150 Å². The summed E-state index contributed by atoms with van der Waals surface area (Å²) in [6.07, 6.45) is 0. The molecule has 40 nitrogen and oxygen atoms in total. The van der Waals surface area contributed by atoms with Crippen LogP contribution in [0.4, 0.5) is 0 Å². The fourth-order valence-corrected chi connectivity index (χ4v) is 0. The summed E-state index contributed by atoms with van der Waals surface area (Å²) >= 11 is 0. The summed E-state index contributed by atoms with van der Waals surface area (Å²) in [5.74, 6) is 0. The Morgan fingerprint density at radius 1 is 0.151 bits per heavy atom. The van der Waals surface area contributed by atoms with E-state index in [1.165, 1.54) is 0 Å². The Kier molecular flexibility index (Phi) is 39400. The molecular weight excluding hydrogens is 1820 g/mol. The van der Waals surface area contributed by atoms with Crippen LogP contribution in [0.5, 0.6) is 0 Å². The van der Waals surface area contributed by atoms with Crippen molar-refractivity contribution in [3.8, 4) is 0 Å². The van der Waals surface area contributed by atoms with Gasteiger partial charge in [0.25, 0.3) is 0 Å². The van der Waals surface area contributed by atoms with Gasteiger partial charge in [0.2, 0.25) is 0 Å². The first-order valence-electron chi connectivity index (χ1n) is 0.816. The minimum Gasteiger partial charge on any atom is -2.00 e. The van der Waals surface area contributed by atoms with Crippen LogP contribution < -0.4 is 19.2 Å². The Morgan fingerprint density at radius 2 is 0.151 bits per heavy atom. The van der Waals surface area contributed by atoms with Crippen LogP contribution in [0.3, 0.4) is 0 Å². The van der Waals surface area contributed by atoms with Crippen LogP contribution in [0.2, 0.25) is 0 Å². The fraction of sp³-hybridized carbons (Fsp3) is 0. The van der Waals surface area contributed by atoms with Crippen molar-refractivity contribution in [2.75, 3.05) is 0 Å². The average Bonchev–Trinajstić information content (AvgIpc) is 0.722. The van der Waals surface area contributed by atoms with Gasteiger partial charge in [-0.15, -0.1) is 0 Å². The van der Waals surface area contributed by atoms with Crippen molar-refractivity contribution in [1.29, 1.82) is 0 Å². The van der Waals surface area contributed by atoms with E-state index in [0.717, 1.165) is 0 Å². The molecule has 344 valence electrons. The molecular formula is H28Mo12O40Si. The van der Waals surface area contributed by atoms with E-state index < -0.39 is 9.05 Å². The predicted molar refractivity (Wildman–Crippen MR) is 70.0 cm³/mol. The van der Waals surface area contributed by atoms with Gasteiger partial charge < -0.3 is 225 Å². The van der Waals surface area contributed by atoms with E-state index in [4.69, 9.17) is 19.2 Å². The molecule has 0 fully saturated rings. The molecule has 0 spiro atoms. The molecule has 53 heteroatoms. The molecule has 24 N–H and O–H groups in total. The van der Waals surface area contributed by atoms with Crippen molar-refractivity contribution in [1.82, 2.24) is 0 Å². The second-order valence-corrected chi connectivity index (χ2v) is 1.50. The largest absolute Gasteiger partial charge is 4.00 e. The third-order valence-corrected chi connectivity index (χ3v) is 0. The van der Waals surface area contributed by atoms with E-state index >= 15 is 0 Å². The molecule has 0 heterocycles. The molecule has 0 saturated carbocycles. The van der Waals surface area contributed by atoms with Crippen LogP contribution >= 0.6 is 0 Å². The molecule has 0 rings (SSSR count). The summed E-state index contributed by atoms with van der Waals surface area (Å²) in [7, 11) is -5.61. The molecule has 0 aromatic heterocycles. The Balaban J connectivity index is -0.0000000000603. The van der Waals surface area contributed by atoms with Crippen LogP contribution in [0.1, 0.15) is 5.71 Å². The standard InChI is InChI=1S/12Mo.O4Si.12H2O.24O/c;;;;;;;;;;;;1-5(2,3)4;;;;;;;;;;;;;;;;;;;;;;;;;;;;;;;;;;;;/h;;;;;;;;;;;;;12*1H2;;;;;;;;;;;;;;;;;;;;;;;;/q12*+4;-4;;;;;;;;;;;;;24*-2/p+4. The number of hydrogen-bond donors (Lipinski definition) is 0. The first-order chi connectivity index (χ1) is 2.00. The fourth-order valence-electron chi connectivity index (χ4n) is 0. The van der Waals surface area contributed by atoms with E-state index in [-0.39, 0.29) is 456 Å². The molecule has 0 radical (unpaired) electrons. The van der Waals surface area contributed by atoms with Crippen LogP contribution in [-0.2, 0) is 384 Å². The van der Waals surface area contributed by atoms with E-state index in [0.29, 0.717) is 0 Å².